The van der Waals surface area contributed by atoms with Crippen LogP contribution < -0.4 is 5.56 Å². The van der Waals surface area contributed by atoms with Gasteiger partial charge in [-0.05, 0) is 6.92 Å². The quantitative estimate of drug-likeness (QED) is 0.562. The minimum atomic E-state index is -0.732. The Kier molecular flexibility index (Phi) is 2.08. The lowest BCUT2D eigenvalue weighted by Crippen LogP contribution is -2.14. The summed E-state index contributed by atoms with van der Waals surface area (Å²) in [7, 11) is 0. The van der Waals surface area contributed by atoms with Crippen molar-refractivity contribution >= 4 is 11.3 Å². The van der Waals surface area contributed by atoms with E-state index in [1.165, 1.54) is 12.3 Å². The highest BCUT2D eigenvalue weighted by Crippen LogP contribution is 2.27. The third-order valence-corrected chi connectivity index (χ3v) is 2.11. The second kappa shape index (κ2) is 3.30. The number of aryl methyl sites for hydroxylation is 1. The minimum Gasteiger partial charge on any atom is -0.500 e. The molecule has 0 unspecified atom stereocenters. The largest absolute Gasteiger partial charge is 0.500 e. The number of pyridine rings is 1. The Hall–Kier alpha value is -2.44. The predicted octanol–water partition coefficient (Wildman–Crippen LogP) is 0.617. The molecular weight excluding hydrogens is 214 g/mol. The molecule has 2 rings (SSSR count). The summed E-state index contributed by atoms with van der Waals surface area (Å²) in [5, 5.41) is 20.2. The van der Waals surface area contributed by atoms with E-state index in [-0.39, 0.29) is 5.65 Å². The SMILES string of the molecule is Cc1cc(=O)n2ccc([N+](=O)[O-])c(O)c2n1. The number of aromatic nitrogens is 2. The Labute approximate surface area is 88.8 Å². The van der Waals surface area contributed by atoms with Gasteiger partial charge in [0.25, 0.3) is 5.56 Å². The summed E-state index contributed by atoms with van der Waals surface area (Å²) in [6, 6.07) is 2.33. The topological polar surface area (TPSA) is 97.7 Å². The molecule has 0 saturated heterocycles. The molecule has 2 aromatic rings. The molecule has 0 spiro atoms. The molecule has 0 saturated carbocycles. The van der Waals surface area contributed by atoms with Crippen LogP contribution in [-0.4, -0.2) is 19.4 Å². The maximum Gasteiger partial charge on any atom is 0.316 e. The van der Waals surface area contributed by atoms with E-state index < -0.39 is 21.9 Å². The first kappa shape index (κ1) is 10.1. The van der Waals surface area contributed by atoms with Gasteiger partial charge in [-0.15, -0.1) is 0 Å². The molecule has 0 aromatic carbocycles. The molecule has 0 aliphatic carbocycles. The lowest BCUT2D eigenvalue weighted by molar-refractivity contribution is -0.385. The van der Waals surface area contributed by atoms with Gasteiger partial charge in [0.15, 0.2) is 5.65 Å². The summed E-state index contributed by atoms with van der Waals surface area (Å²) in [6.07, 6.45) is 1.21. The van der Waals surface area contributed by atoms with E-state index in [0.29, 0.717) is 5.69 Å². The Morgan fingerprint density at radius 3 is 2.88 bits per heavy atom. The molecular formula is C9H7N3O4. The lowest BCUT2D eigenvalue weighted by atomic mass is 10.3. The van der Waals surface area contributed by atoms with Crippen molar-refractivity contribution in [1.29, 1.82) is 0 Å². The molecule has 2 heterocycles. The first-order valence-electron chi connectivity index (χ1n) is 4.37. The summed E-state index contributed by atoms with van der Waals surface area (Å²) in [6.45, 7) is 1.57. The monoisotopic (exact) mass is 221 g/mol. The molecule has 0 aliphatic heterocycles. The van der Waals surface area contributed by atoms with Gasteiger partial charge in [0.1, 0.15) is 0 Å². The zero-order valence-corrected chi connectivity index (χ0v) is 8.25. The van der Waals surface area contributed by atoms with Crippen LogP contribution in [0.3, 0.4) is 0 Å². The van der Waals surface area contributed by atoms with Gasteiger partial charge in [0.2, 0.25) is 5.75 Å². The Balaban J connectivity index is 2.94. The molecule has 1 N–H and O–H groups in total. The predicted molar refractivity (Wildman–Crippen MR) is 54.5 cm³/mol. The highest BCUT2D eigenvalue weighted by Gasteiger charge is 2.17. The van der Waals surface area contributed by atoms with Gasteiger partial charge in [0, 0.05) is 24.0 Å². The van der Waals surface area contributed by atoms with E-state index in [2.05, 4.69) is 4.98 Å². The minimum absolute atomic E-state index is 0.112. The van der Waals surface area contributed by atoms with E-state index >= 15 is 0 Å². The summed E-state index contributed by atoms with van der Waals surface area (Å²) in [5.41, 5.74) is -0.592. The summed E-state index contributed by atoms with van der Waals surface area (Å²) in [5.74, 6) is -0.603. The molecule has 7 heteroatoms. The van der Waals surface area contributed by atoms with Gasteiger partial charge < -0.3 is 5.11 Å². The van der Waals surface area contributed by atoms with Crippen molar-refractivity contribution in [2.24, 2.45) is 0 Å². The number of nitrogens with zero attached hydrogens (tertiary/aromatic N) is 3. The van der Waals surface area contributed by atoms with Crippen LogP contribution in [-0.2, 0) is 0 Å². The zero-order chi connectivity index (χ0) is 11.9. The average Bonchev–Trinajstić information content (AvgIpc) is 2.19. The summed E-state index contributed by atoms with van der Waals surface area (Å²) < 4.78 is 1.05. The van der Waals surface area contributed by atoms with Crippen LogP contribution in [0.1, 0.15) is 5.69 Å². The first-order chi connectivity index (χ1) is 7.50. The van der Waals surface area contributed by atoms with Crippen molar-refractivity contribution in [2.75, 3.05) is 0 Å². The highest BCUT2D eigenvalue weighted by atomic mass is 16.6. The number of hydrogen-bond donors (Lipinski definition) is 1. The molecule has 82 valence electrons. The fourth-order valence-electron chi connectivity index (χ4n) is 1.40. The number of rotatable bonds is 1. The fraction of sp³-hybridized carbons (Fsp3) is 0.111. The van der Waals surface area contributed by atoms with E-state index in [1.54, 1.807) is 6.92 Å². The highest BCUT2D eigenvalue weighted by molar-refractivity contribution is 5.63. The van der Waals surface area contributed by atoms with Crippen LogP contribution in [0.4, 0.5) is 5.69 Å². The van der Waals surface area contributed by atoms with Gasteiger partial charge in [0.05, 0.1) is 4.92 Å². The number of aromatic hydroxyl groups is 1. The van der Waals surface area contributed by atoms with Crippen LogP contribution in [0.15, 0.2) is 23.1 Å². The molecule has 0 aliphatic rings. The summed E-state index contributed by atoms with van der Waals surface area (Å²) in [4.78, 5) is 25.2. The molecule has 0 amide bonds. The molecule has 0 atom stereocenters. The number of fused-ring (bicyclic) bond motifs is 1. The zero-order valence-electron chi connectivity index (χ0n) is 8.25. The standard InChI is InChI=1S/C9H7N3O4/c1-5-4-7(13)11-3-2-6(12(15)16)8(14)9(11)10-5/h2-4,14H,1H3. The smallest absolute Gasteiger partial charge is 0.316 e. The van der Waals surface area contributed by atoms with E-state index in [1.807, 2.05) is 0 Å². The third-order valence-electron chi connectivity index (χ3n) is 2.11. The normalized spacial score (nSPS) is 10.6. The average molecular weight is 221 g/mol. The van der Waals surface area contributed by atoms with Gasteiger partial charge in [-0.1, -0.05) is 0 Å². The van der Waals surface area contributed by atoms with Gasteiger partial charge >= 0.3 is 5.69 Å². The second-order valence-electron chi connectivity index (χ2n) is 3.24. The van der Waals surface area contributed by atoms with Crippen LogP contribution in [0.2, 0.25) is 0 Å². The van der Waals surface area contributed by atoms with Crippen molar-refractivity contribution in [3.63, 3.8) is 0 Å². The molecule has 2 aromatic heterocycles. The second-order valence-corrected chi connectivity index (χ2v) is 3.24. The first-order valence-corrected chi connectivity index (χ1v) is 4.37. The van der Waals surface area contributed by atoms with E-state index in [9.17, 15) is 20.0 Å². The van der Waals surface area contributed by atoms with Crippen molar-refractivity contribution in [1.82, 2.24) is 9.38 Å². The Bertz CT molecular complexity index is 647. The van der Waals surface area contributed by atoms with Crippen molar-refractivity contribution in [3.05, 3.63) is 44.5 Å². The Morgan fingerprint density at radius 1 is 1.56 bits per heavy atom. The Morgan fingerprint density at radius 2 is 2.25 bits per heavy atom. The molecule has 0 bridgehead atoms. The molecule has 7 nitrogen and oxygen atoms in total. The number of nitro groups is 1. The van der Waals surface area contributed by atoms with Crippen molar-refractivity contribution in [2.45, 2.75) is 6.92 Å². The van der Waals surface area contributed by atoms with Crippen LogP contribution in [0.5, 0.6) is 5.75 Å². The van der Waals surface area contributed by atoms with Gasteiger partial charge in [-0.25, -0.2) is 4.98 Å². The van der Waals surface area contributed by atoms with E-state index in [0.717, 1.165) is 10.5 Å². The van der Waals surface area contributed by atoms with Crippen LogP contribution in [0, 0.1) is 17.0 Å². The van der Waals surface area contributed by atoms with Gasteiger partial charge in [-0.3, -0.25) is 19.3 Å². The van der Waals surface area contributed by atoms with Gasteiger partial charge in [-0.2, -0.15) is 0 Å². The van der Waals surface area contributed by atoms with Crippen molar-refractivity contribution in [3.8, 4) is 5.75 Å². The molecule has 0 radical (unpaired) electrons. The molecule has 16 heavy (non-hydrogen) atoms. The van der Waals surface area contributed by atoms with Crippen molar-refractivity contribution < 1.29 is 10.0 Å². The summed E-state index contributed by atoms with van der Waals surface area (Å²) >= 11 is 0. The number of hydrogen-bond acceptors (Lipinski definition) is 5. The maximum absolute atomic E-state index is 11.5. The lowest BCUT2D eigenvalue weighted by Gasteiger charge is -2.03. The third kappa shape index (κ3) is 1.38. The van der Waals surface area contributed by atoms with E-state index in [4.69, 9.17) is 0 Å². The van der Waals surface area contributed by atoms with Crippen LogP contribution >= 0.6 is 0 Å². The fourth-order valence-corrected chi connectivity index (χ4v) is 1.40. The molecule has 0 fully saturated rings. The van der Waals surface area contributed by atoms with Crippen LogP contribution in [0.25, 0.3) is 5.65 Å². The maximum atomic E-state index is 11.5.